The molecule has 2 aromatic rings. The molecule has 0 fully saturated rings. The summed E-state index contributed by atoms with van der Waals surface area (Å²) >= 11 is 0. The quantitative estimate of drug-likeness (QED) is 0.636. The number of nitrogens with zero attached hydrogens (tertiary/aromatic N) is 3. The molecule has 12 heavy (non-hydrogen) atoms. The summed E-state index contributed by atoms with van der Waals surface area (Å²) in [4.78, 5) is 0. The van der Waals surface area contributed by atoms with Gasteiger partial charge in [-0.05, 0) is 19.1 Å². The van der Waals surface area contributed by atoms with Gasteiger partial charge in [-0.2, -0.15) is 0 Å². The van der Waals surface area contributed by atoms with Crippen LogP contribution in [0.25, 0.3) is 17.2 Å². The van der Waals surface area contributed by atoms with Gasteiger partial charge in [-0.3, -0.25) is 0 Å². The van der Waals surface area contributed by atoms with Crippen molar-refractivity contribution in [2.45, 2.75) is 6.92 Å². The van der Waals surface area contributed by atoms with E-state index in [1.54, 1.807) is 4.68 Å². The summed E-state index contributed by atoms with van der Waals surface area (Å²) in [6.45, 7) is 1.95. The second kappa shape index (κ2) is 2.77. The Morgan fingerprint density at radius 1 is 1.33 bits per heavy atom. The van der Waals surface area contributed by atoms with E-state index in [9.17, 15) is 0 Å². The summed E-state index contributed by atoms with van der Waals surface area (Å²) in [5, 5.41) is 7.96. The largest absolute Gasteiger partial charge is 0.220 e. The van der Waals surface area contributed by atoms with E-state index in [2.05, 4.69) is 10.3 Å². The van der Waals surface area contributed by atoms with E-state index >= 15 is 0 Å². The number of para-hydroxylation sites is 1. The molecule has 3 heteroatoms. The number of benzene rings is 1. The van der Waals surface area contributed by atoms with Crippen LogP contribution in [0.5, 0.6) is 0 Å². The predicted octanol–water partition coefficient (Wildman–Crippen LogP) is 1.92. The third kappa shape index (κ3) is 0.993. The van der Waals surface area contributed by atoms with E-state index < -0.39 is 0 Å². The molecule has 0 unspecified atom stereocenters. The van der Waals surface area contributed by atoms with E-state index in [1.807, 2.05) is 43.5 Å². The van der Waals surface area contributed by atoms with Crippen molar-refractivity contribution in [2.24, 2.45) is 0 Å². The normalized spacial score (nSPS) is 11.4. The van der Waals surface area contributed by atoms with Crippen LogP contribution in [0.4, 0.5) is 0 Å². The van der Waals surface area contributed by atoms with E-state index in [1.165, 1.54) is 0 Å². The first-order valence-electron chi connectivity index (χ1n) is 3.84. The highest BCUT2D eigenvalue weighted by Crippen LogP contribution is 2.09. The van der Waals surface area contributed by atoms with Crippen LogP contribution in [0.1, 0.15) is 6.92 Å². The average Bonchev–Trinajstić information content (AvgIpc) is 2.50. The lowest BCUT2D eigenvalue weighted by Crippen LogP contribution is -1.87. The van der Waals surface area contributed by atoms with Crippen molar-refractivity contribution in [3.8, 4) is 0 Å². The Bertz CT molecular complexity index is 414. The first kappa shape index (κ1) is 7.03. The second-order valence-electron chi connectivity index (χ2n) is 2.51. The van der Waals surface area contributed by atoms with Gasteiger partial charge >= 0.3 is 0 Å². The number of aromatic nitrogens is 3. The van der Waals surface area contributed by atoms with Gasteiger partial charge < -0.3 is 0 Å². The van der Waals surface area contributed by atoms with Crippen LogP contribution in [-0.4, -0.2) is 15.0 Å². The van der Waals surface area contributed by atoms with E-state index in [0.717, 1.165) is 11.0 Å². The molecule has 0 N–H and O–H groups in total. The van der Waals surface area contributed by atoms with Crippen molar-refractivity contribution in [3.63, 3.8) is 0 Å². The molecule has 1 aromatic carbocycles. The van der Waals surface area contributed by atoms with Gasteiger partial charge in [0, 0.05) is 6.20 Å². The molecule has 1 heterocycles. The molecule has 0 aliphatic rings. The van der Waals surface area contributed by atoms with Crippen LogP contribution in [0.15, 0.2) is 30.3 Å². The molecule has 0 radical (unpaired) electrons. The second-order valence-corrected chi connectivity index (χ2v) is 2.51. The topological polar surface area (TPSA) is 30.7 Å². The lowest BCUT2D eigenvalue weighted by Gasteiger charge is -1.90. The summed E-state index contributed by atoms with van der Waals surface area (Å²) < 4.78 is 1.76. The summed E-state index contributed by atoms with van der Waals surface area (Å²) in [6.07, 6.45) is 3.82. The fraction of sp³-hybridized carbons (Fsp3) is 0.111. The van der Waals surface area contributed by atoms with Gasteiger partial charge in [-0.25, -0.2) is 4.68 Å². The minimum absolute atomic E-state index is 0.926. The monoisotopic (exact) mass is 159 g/mol. The molecule has 0 aliphatic heterocycles. The van der Waals surface area contributed by atoms with Crippen molar-refractivity contribution in [2.75, 3.05) is 0 Å². The number of allylic oxidation sites excluding steroid dienone is 1. The molecule has 0 amide bonds. The average molecular weight is 159 g/mol. The molecule has 0 atom stereocenters. The first-order chi connectivity index (χ1) is 5.92. The first-order valence-corrected chi connectivity index (χ1v) is 3.84. The Kier molecular flexibility index (Phi) is 1.63. The number of hydrogen-bond acceptors (Lipinski definition) is 2. The lowest BCUT2D eigenvalue weighted by atomic mass is 10.3. The minimum atomic E-state index is 0.926. The molecule has 0 aliphatic carbocycles. The maximum Gasteiger partial charge on any atom is 0.113 e. The van der Waals surface area contributed by atoms with E-state index in [4.69, 9.17) is 0 Å². The van der Waals surface area contributed by atoms with Crippen LogP contribution in [0, 0.1) is 0 Å². The van der Waals surface area contributed by atoms with Gasteiger partial charge in [0.2, 0.25) is 0 Å². The number of hydrogen-bond donors (Lipinski definition) is 0. The van der Waals surface area contributed by atoms with Gasteiger partial charge in [-0.15, -0.1) is 5.10 Å². The van der Waals surface area contributed by atoms with E-state index in [0.29, 0.717) is 0 Å². The minimum Gasteiger partial charge on any atom is -0.220 e. The van der Waals surface area contributed by atoms with Gasteiger partial charge in [0.15, 0.2) is 0 Å². The zero-order valence-corrected chi connectivity index (χ0v) is 6.81. The molecule has 0 saturated heterocycles. The van der Waals surface area contributed by atoms with Crippen LogP contribution in [-0.2, 0) is 0 Å². The van der Waals surface area contributed by atoms with Gasteiger partial charge in [-0.1, -0.05) is 23.4 Å². The van der Waals surface area contributed by atoms with Crippen molar-refractivity contribution < 1.29 is 0 Å². The fourth-order valence-corrected chi connectivity index (χ4v) is 1.14. The lowest BCUT2D eigenvalue weighted by molar-refractivity contribution is 0.860. The maximum atomic E-state index is 4.00. The Labute approximate surface area is 70.3 Å². The zero-order chi connectivity index (χ0) is 8.39. The molecule has 3 nitrogen and oxygen atoms in total. The van der Waals surface area contributed by atoms with Crippen LogP contribution < -0.4 is 0 Å². The van der Waals surface area contributed by atoms with Crippen LogP contribution in [0.2, 0.25) is 0 Å². The highest BCUT2D eigenvalue weighted by molar-refractivity contribution is 5.75. The van der Waals surface area contributed by atoms with Gasteiger partial charge in [0.1, 0.15) is 5.52 Å². The molecular weight excluding hydrogens is 150 g/mol. The van der Waals surface area contributed by atoms with Crippen LogP contribution in [0.3, 0.4) is 0 Å². The molecular formula is C9H9N3. The van der Waals surface area contributed by atoms with Crippen molar-refractivity contribution in [3.05, 3.63) is 30.3 Å². The highest BCUT2D eigenvalue weighted by Gasteiger charge is 1.97. The molecule has 0 bridgehead atoms. The van der Waals surface area contributed by atoms with Crippen molar-refractivity contribution in [1.29, 1.82) is 0 Å². The van der Waals surface area contributed by atoms with Crippen molar-refractivity contribution >= 4 is 17.2 Å². The zero-order valence-electron chi connectivity index (χ0n) is 6.81. The molecule has 60 valence electrons. The van der Waals surface area contributed by atoms with Gasteiger partial charge in [0.05, 0.1) is 5.52 Å². The SMILES string of the molecule is CC=Cn1nnc2ccccc21. The fourth-order valence-electron chi connectivity index (χ4n) is 1.14. The molecule has 2 rings (SSSR count). The molecule has 0 spiro atoms. The predicted molar refractivity (Wildman–Crippen MR) is 48.5 cm³/mol. The number of rotatable bonds is 1. The number of fused-ring (bicyclic) bond motifs is 1. The Hall–Kier alpha value is -1.64. The van der Waals surface area contributed by atoms with Crippen LogP contribution >= 0.6 is 0 Å². The van der Waals surface area contributed by atoms with Crippen molar-refractivity contribution in [1.82, 2.24) is 15.0 Å². The Balaban J connectivity index is 2.70. The van der Waals surface area contributed by atoms with E-state index in [-0.39, 0.29) is 0 Å². The highest BCUT2D eigenvalue weighted by atomic mass is 15.4. The Morgan fingerprint density at radius 3 is 3.00 bits per heavy atom. The summed E-state index contributed by atoms with van der Waals surface area (Å²) in [5.74, 6) is 0. The van der Waals surface area contributed by atoms with Gasteiger partial charge in [0.25, 0.3) is 0 Å². The molecule has 1 aromatic heterocycles. The third-order valence-electron chi connectivity index (χ3n) is 1.67. The third-order valence-corrected chi connectivity index (χ3v) is 1.67. The Morgan fingerprint density at radius 2 is 2.17 bits per heavy atom. The summed E-state index contributed by atoms with van der Waals surface area (Å²) in [7, 11) is 0. The standard InChI is InChI=1S/C9H9N3/c1-2-7-12-9-6-4-3-5-8(9)10-11-12/h2-7H,1H3. The summed E-state index contributed by atoms with van der Waals surface area (Å²) in [5.41, 5.74) is 1.96. The molecule has 0 saturated carbocycles. The summed E-state index contributed by atoms with van der Waals surface area (Å²) in [6, 6.07) is 7.88. The maximum absolute atomic E-state index is 4.00. The smallest absolute Gasteiger partial charge is 0.113 e.